The van der Waals surface area contributed by atoms with E-state index in [0.29, 0.717) is 6.42 Å². The van der Waals surface area contributed by atoms with Gasteiger partial charge in [0.05, 0.1) is 15.6 Å². The second kappa shape index (κ2) is 4.87. The molecule has 3 rings (SSSR count). The highest BCUT2D eigenvalue weighted by Gasteiger charge is 2.16. The van der Waals surface area contributed by atoms with Crippen molar-refractivity contribution in [2.75, 3.05) is 0 Å². The fourth-order valence-corrected chi connectivity index (χ4v) is 4.03. The minimum atomic E-state index is 0.173. The van der Waals surface area contributed by atoms with Gasteiger partial charge in [-0.05, 0) is 36.2 Å². The predicted molar refractivity (Wildman–Crippen MR) is 81.4 cm³/mol. The highest BCUT2D eigenvalue weighted by atomic mass is 32.1. The average molecular weight is 287 g/mol. The molecule has 0 unspecified atom stereocenters. The normalized spacial score (nSPS) is 11.1. The molecule has 2 heterocycles. The van der Waals surface area contributed by atoms with Crippen molar-refractivity contribution >= 4 is 38.5 Å². The summed E-state index contributed by atoms with van der Waals surface area (Å²) in [5.41, 5.74) is 1.98. The Morgan fingerprint density at radius 1 is 1.26 bits per heavy atom. The summed E-state index contributed by atoms with van der Waals surface area (Å²) in [6.45, 7) is 3.84. The first kappa shape index (κ1) is 12.5. The van der Waals surface area contributed by atoms with Gasteiger partial charge < -0.3 is 0 Å². The van der Waals surface area contributed by atoms with Crippen LogP contribution in [-0.2, 0) is 6.42 Å². The van der Waals surface area contributed by atoms with E-state index < -0.39 is 0 Å². The number of hydrogen-bond donors (Lipinski definition) is 0. The van der Waals surface area contributed by atoms with Gasteiger partial charge in [-0.2, -0.15) is 0 Å². The Morgan fingerprint density at radius 3 is 2.79 bits per heavy atom. The Labute approximate surface area is 119 Å². The zero-order valence-corrected chi connectivity index (χ0v) is 12.4. The number of nitrogens with zero attached hydrogens (tertiary/aromatic N) is 1. The molecule has 0 radical (unpaired) electrons. The third kappa shape index (κ3) is 2.33. The Kier molecular flexibility index (Phi) is 3.21. The molecule has 0 saturated carbocycles. The van der Waals surface area contributed by atoms with Gasteiger partial charge >= 0.3 is 0 Å². The van der Waals surface area contributed by atoms with Crippen molar-refractivity contribution in [3.63, 3.8) is 0 Å². The van der Waals surface area contributed by atoms with Crippen molar-refractivity contribution in [1.82, 2.24) is 4.98 Å². The summed E-state index contributed by atoms with van der Waals surface area (Å²) in [5.74, 6) is 0.173. The highest BCUT2D eigenvalue weighted by molar-refractivity contribution is 7.17. The first-order valence-corrected chi connectivity index (χ1v) is 7.77. The SMILES string of the molecule is Cc1nc(C)c(C(=O)Cc2csc3ccccc23)s1. The van der Waals surface area contributed by atoms with E-state index in [0.717, 1.165) is 21.1 Å². The molecule has 4 heteroatoms. The minimum absolute atomic E-state index is 0.173. The fraction of sp³-hybridized carbons (Fsp3) is 0.200. The quantitative estimate of drug-likeness (QED) is 0.668. The summed E-state index contributed by atoms with van der Waals surface area (Å²) >= 11 is 3.19. The molecule has 0 fully saturated rings. The number of carbonyl (C=O) groups excluding carboxylic acids is 1. The Morgan fingerprint density at radius 2 is 2.05 bits per heavy atom. The first-order chi connectivity index (χ1) is 9.15. The van der Waals surface area contributed by atoms with E-state index in [1.54, 1.807) is 11.3 Å². The topological polar surface area (TPSA) is 30.0 Å². The molecule has 96 valence electrons. The Hall–Kier alpha value is -1.52. The van der Waals surface area contributed by atoms with Gasteiger partial charge in [0, 0.05) is 11.1 Å². The molecule has 0 aliphatic rings. The van der Waals surface area contributed by atoms with Gasteiger partial charge in [0.15, 0.2) is 5.78 Å². The lowest BCUT2D eigenvalue weighted by Gasteiger charge is -1.98. The summed E-state index contributed by atoms with van der Waals surface area (Å²) in [4.78, 5) is 17.5. The number of rotatable bonds is 3. The van der Waals surface area contributed by atoms with Crippen LogP contribution in [0.25, 0.3) is 10.1 Å². The van der Waals surface area contributed by atoms with Crippen LogP contribution in [0.2, 0.25) is 0 Å². The van der Waals surface area contributed by atoms with Gasteiger partial charge in [0.1, 0.15) is 0 Å². The molecule has 0 spiro atoms. The number of thiazole rings is 1. The number of fused-ring (bicyclic) bond motifs is 1. The van der Waals surface area contributed by atoms with Crippen molar-refractivity contribution in [2.45, 2.75) is 20.3 Å². The van der Waals surface area contributed by atoms with Gasteiger partial charge in [-0.25, -0.2) is 4.98 Å². The Bertz CT molecular complexity index is 754. The van der Waals surface area contributed by atoms with E-state index in [4.69, 9.17) is 0 Å². The summed E-state index contributed by atoms with van der Waals surface area (Å²) < 4.78 is 1.24. The molecule has 0 N–H and O–H groups in total. The van der Waals surface area contributed by atoms with Crippen molar-refractivity contribution in [1.29, 1.82) is 0 Å². The van der Waals surface area contributed by atoms with E-state index in [2.05, 4.69) is 22.5 Å². The number of Topliss-reactive ketones (excluding diaryl/α,β-unsaturated/α-hetero) is 1. The predicted octanol–water partition coefficient (Wildman–Crippen LogP) is 4.40. The van der Waals surface area contributed by atoms with E-state index in [1.165, 1.54) is 21.4 Å². The van der Waals surface area contributed by atoms with Crippen LogP contribution in [0.4, 0.5) is 0 Å². The van der Waals surface area contributed by atoms with Crippen molar-refractivity contribution in [3.05, 3.63) is 50.8 Å². The summed E-state index contributed by atoms with van der Waals surface area (Å²) in [7, 11) is 0. The van der Waals surface area contributed by atoms with E-state index in [-0.39, 0.29) is 5.78 Å². The second-order valence-electron chi connectivity index (χ2n) is 4.50. The third-order valence-electron chi connectivity index (χ3n) is 3.07. The van der Waals surface area contributed by atoms with Crippen LogP contribution in [-0.4, -0.2) is 10.8 Å². The largest absolute Gasteiger partial charge is 0.293 e. The third-order valence-corrected chi connectivity index (χ3v) is 5.20. The van der Waals surface area contributed by atoms with Crippen LogP contribution in [0.15, 0.2) is 29.6 Å². The zero-order chi connectivity index (χ0) is 13.4. The molecule has 2 nitrogen and oxygen atoms in total. The minimum Gasteiger partial charge on any atom is -0.293 e. The molecule has 0 saturated heterocycles. The number of aryl methyl sites for hydroxylation is 2. The van der Waals surface area contributed by atoms with Gasteiger partial charge in [0.25, 0.3) is 0 Å². The molecule has 2 aromatic heterocycles. The number of ketones is 1. The number of aromatic nitrogens is 1. The monoisotopic (exact) mass is 287 g/mol. The lowest BCUT2D eigenvalue weighted by molar-refractivity contribution is 0.0996. The number of hydrogen-bond acceptors (Lipinski definition) is 4. The maximum atomic E-state index is 12.4. The van der Waals surface area contributed by atoms with Crippen LogP contribution in [0.1, 0.15) is 25.9 Å². The lowest BCUT2D eigenvalue weighted by Crippen LogP contribution is -2.02. The van der Waals surface area contributed by atoms with Gasteiger partial charge in [-0.15, -0.1) is 22.7 Å². The van der Waals surface area contributed by atoms with Gasteiger partial charge in [-0.3, -0.25) is 4.79 Å². The van der Waals surface area contributed by atoms with E-state index in [1.807, 2.05) is 26.0 Å². The van der Waals surface area contributed by atoms with Gasteiger partial charge in [0.2, 0.25) is 0 Å². The van der Waals surface area contributed by atoms with Crippen LogP contribution < -0.4 is 0 Å². The number of carbonyl (C=O) groups is 1. The molecule has 1 aromatic carbocycles. The van der Waals surface area contributed by atoms with Crippen LogP contribution in [0, 0.1) is 13.8 Å². The number of thiophene rings is 1. The van der Waals surface area contributed by atoms with Gasteiger partial charge in [-0.1, -0.05) is 18.2 Å². The lowest BCUT2D eigenvalue weighted by atomic mass is 10.1. The summed E-state index contributed by atoms with van der Waals surface area (Å²) in [5, 5.41) is 4.24. The molecule has 19 heavy (non-hydrogen) atoms. The van der Waals surface area contributed by atoms with Crippen molar-refractivity contribution < 1.29 is 4.79 Å². The van der Waals surface area contributed by atoms with Crippen molar-refractivity contribution in [2.24, 2.45) is 0 Å². The smallest absolute Gasteiger partial charge is 0.179 e. The highest BCUT2D eigenvalue weighted by Crippen LogP contribution is 2.28. The van der Waals surface area contributed by atoms with Crippen LogP contribution >= 0.6 is 22.7 Å². The molecule has 0 aliphatic carbocycles. The van der Waals surface area contributed by atoms with E-state index >= 15 is 0 Å². The maximum Gasteiger partial charge on any atom is 0.179 e. The average Bonchev–Trinajstić information content (AvgIpc) is 2.94. The molecular weight excluding hydrogens is 274 g/mol. The number of benzene rings is 1. The fourth-order valence-electron chi connectivity index (χ4n) is 2.21. The second-order valence-corrected chi connectivity index (χ2v) is 6.62. The maximum absolute atomic E-state index is 12.4. The molecule has 0 aliphatic heterocycles. The zero-order valence-electron chi connectivity index (χ0n) is 10.8. The first-order valence-electron chi connectivity index (χ1n) is 6.07. The van der Waals surface area contributed by atoms with Crippen molar-refractivity contribution in [3.8, 4) is 0 Å². The van der Waals surface area contributed by atoms with E-state index in [9.17, 15) is 4.79 Å². The van der Waals surface area contributed by atoms with Crippen LogP contribution in [0.5, 0.6) is 0 Å². The molecule has 3 aromatic rings. The molecular formula is C15H13NOS2. The Balaban J connectivity index is 1.93. The van der Waals surface area contributed by atoms with Crippen LogP contribution in [0.3, 0.4) is 0 Å². The standard InChI is InChI=1S/C15H13NOS2/c1-9-15(19-10(2)16-9)13(17)7-11-8-18-14-6-4-3-5-12(11)14/h3-6,8H,7H2,1-2H3. The molecule has 0 atom stereocenters. The molecule has 0 bridgehead atoms. The summed E-state index contributed by atoms with van der Waals surface area (Å²) in [6.07, 6.45) is 0.465. The molecule has 0 amide bonds. The summed E-state index contributed by atoms with van der Waals surface area (Å²) in [6, 6.07) is 8.22.